The Morgan fingerprint density at radius 2 is 1.86 bits per heavy atom. The van der Waals surface area contributed by atoms with Crippen molar-refractivity contribution in [2.45, 2.75) is 39.8 Å². The van der Waals surface area contributed by atoms with Gasteiger partial charge in [-0.15, -0.1) is 0 Å². The Hall–Kier alpha value is -2.19. The Morgan fingerprint density at radius 1 is 1.22 bits per heavy atom. The fraction of sp³-hybridized carbons (Fsp3) is 0.269. The molecule has 0 radical (unpaired) electrons. The lowest BCUT2D eigenvalue weighted by Crippen LogP contribution is -2.39. The molecular formula is C26H24I2N2O5S. The van der Waals surface area contributed by atoms with Crippen molar-refractivity contribution in [3.05, 3.63) is 85.6 Å². The van der Waals surface area contributed by atoms with Crippen LogP contribution in [-0.4, -0.2) is 28.4 Å². The lowest BCUT2D eigenvalue weighted by Gasteiger charge is -2.25. The van der Waals surface area contributed by atoms with E-state index in [-0.39, 0.29) is 24.0 Å². The molecule has 1 aliphatic rings. The normalized spacial score (nSPS) is 15.6. The van der Waals surface area contributed by atoms with E-state index < -0.39 is 12.0 Å². The minimum absolute atomic E-state index is 0.0248. The first-order valence-electron chi connectivity index (χ1n) is 11.2. The Labute approximate surface area is 239 Å². The summed E-state index contributed by atoms with van der Waals surface area (Å²) in [5, 5.41) is 10.1. The van der Waals surface area contributed by atoms with E-state index in [0.29, 0.717) is 33.5 Å². The standard InChI is InChI=1S/C26H24I2N2O5S/c1-5-34-25(33)21-14(4)29-26-30(22(21)16-6-8-17(9-7-16)35-13(2)3)24(32)20(36-26)12-15-10-18(27)23(31)19(28)11-15/h6-13,22,31H,5H2,1-4H3/b20-12-/t22-/m0/s1. The molecule has 0 amide bonds. The van der Waals surface area contributed by atoms with Crippen molar-refractivity contribution in [1.82, 2.24) is 4.57 Å². The number of aromatic hydroxyl groups is 1. The molecule has 0 fully saturated rings. The third-order valence-electron chi connectivity index (χ3n) is 5.42. The molecule has 4 rings (SSSR count). The molecule has 3 aromatic rings. The topological polar surface area (TPSA) is 90.1 Å². The number of hydrogen-bond acceptors (Lipinski definition) is 7. The summed E-state index contributed by atoms with van der Waals surface area (Å²) >= 11 is 5.39. The Kier molecular flexibility index (Phi) is 8.25. The lowest BCUT2D eigenvalue weighted by molar-refractivity contribution is -0.139. The number of fused-ring (bicyclic) bond motifs is 1. The Balaban J connectivity index is 1.91. The van der Waals surface area contributed by atoms with Crippen LogP contribution in [0.4, 0.5) is 0 Å². The number of ether oxygens (including phenoxy) is 2. The highest BCUT2D eigenvalue weighted by atomic mass is 127. The number of carbonyl (C=O) groups excluding carboxylic acids is 1. The summed E-state index contributed by atoms with van der Waals surface area (Å²) < 4.78 is 14.5. The highest BCUT2D eigenvalue weighted by Crippen LogP contribution is 2.32. The van der Waals surface area contributed by atoms with Gasteiger partial charge < -0.3 is 14.6 Å². The average Bonchev–Trinajstić information content (AvgIpc) is 3.11. The second kappa shape index (κ2) is 11.1. The molecule has 2 aromatic carbocycles. The van der Waals surface area contributed by atoms with Crippen LogP contribution in [0.5, 0.6) is 11.5 Å². The zero-order valence-electron chi connectivity index (χ0n) is 20.0. The smallest absolute Gasteiger partial charge is 0.338 e. The van der Waals surface area contributed by atoms with Gasteiger partial charge in [-0.2, -0.15) is 0 Å². The largest absolute Gasteiger partial charge is 0.506 e. The summed E-state index contributed by atoms with van der Waals surface area (Å²) in [5.74, 6) is 0.425. The Morgan fingerprint density at radius 3 is 2.44 bits per heavy atom. The van der Waals surface area contributed by atoms with E-state index in [2.05, 4.69) is 50.2 Å². The summed E-state index contributed by atoms with van der Waals surface area (Å²) in [6, 6.07) is 10.3. The number of rotatable bonds is 6. The fourth-order valence-electron chi connectivity index (χ4n) is 3.93. The van der Waals surface area contributed by atoms with Gasteiger partial charge in [0.2, 0.25) is 0 Å². The predicted octanol–water partition coefficient (Wildman–Crippen LogP) is 4.50. The molecule has 0 aliphatic carbocycles. The second-order valence-corrected chi connectivity index (χ2v) is 11.7. The van der Waals surface area contributed by atoms with Gasteiger partial charge in [-0.1, -0.05) is 23.5 Å². The fourth-order valence-corrected chi connectivity index (χ4v) is 6.79. The predicted molar refractivity (Wildman–Crippen MR) is 156 cm³/mol. The maximum absolute atomic E-state index is 13.7. The third-order valence-corrected chi connectivity index (χ3v) is 8.05. The molecule has 7 nitrogen and oxygen atoms in total. The van der Waals surface area contributed by atoms with Crippen molar-refractivity contribution in [3.63, 3.8) is 0 Å². The van der Waals surface area contributed by atoms with Crippen LogP contribution in [0.3, 0.4) is 0 Å². The lowest BCUT2D eigenvalue weighted by atomic mass is 9.96. The van der Waals surface area contributed by atoms with Gasteiger partial charge in [-0.3, -0.25) is 9.36 Å². The Bertz CT molecular complexity index is 1510. The molecule has 36 heavy (non-hydrogen) atoms. The van der Waals surface area contributed by atoms with Crippen molar-refractivity contribution in [2.75, 3.05) is 6.61 Å². The molecule has 1 atom stereocenters. The number of esters is 1. The SMILES string of the molecule is CCOC(=O)C1=C(C)N=c2s/c(=C\c3cc(I)c(O)c(I)c3)c(=O)n2[C@H]1c1ccc(OC(C)C)cc1. The molecule has 0 spiro atoms. The molecule has 0 bridgehead atoms. The first-order chi connectivity index (χ1) is 17.1. The number of nitrogens with zero attached hydrogens (tertiary/aromatic N) is 2. The van der Waals surface area contributed by atoms with E-state index in [9.17, 15) is 14.7 Å². The van der Waals surface area contributed by atoms with Crippen LogP contribution in [0.25, 0.3) is 6.08 Å². The number of phenols is 1. The average molecular weight is 730 g/mol. The third kappa shape index (κ3) is 5.40. The minimum atomic E-state index is -0.685. The van der Waals surface area contributed by atoms with Gasteiger partial charge in [0.05, 0.1) is 41.7 Å². The van der Waals surface area contributed by atoms with Gasteiger partial charge in [0.25, 0.3) is 5.56 Å². The summed E-state index contributed by atoms with van der Waals surface area (Å²) in [6.07, 6.45) is 1.81. The molecule has 188 valence electrons. The van der Waals surface area contributed by atoms with Gasteiger partial charge in [0.1, 0.15) is 11.5 Å². The molecule has 1 aliphatic heterocycles. The van der Waals surface area contributed by atoms with Gasteiger partial charge in [0.15, 0.2) is 4.80 Å². The monoisotopic (exact) mass is 730 g/mol. The van der Waals surface area contributed by atoms with E-state index in [0.717, 1.165) is 11.1 Å². The molecule has 1 aromatic heterocycles. The molecule has 1 N–H and O–H groups in total. The minimum Gasteiger partial charge on any atom is -0.506 e. The quantitative estimate of drug-likeness (QED) is 0.298. The van der Waals surface area contributed by atoms with Gasteiger partial charge in [-0.25, -0.2) is 9.79 Å². The maximum atomic E-state index is 13.7. The molecule has 0 saturated carbocycles. The summed E-state index contributed by atoms with van der Waals surface area (Å²) in [6.45, 7) is 7.62. The summed E-state index contributed by atoms with van der Waals surface area (Å²) in [5.41, 5.74) is 2.15. The summed E-state index contributed by atoms with van der Waals surface area (Å²) in [4.78, 5) is 31.8. The van der Waals surface area contributed by atoms with Crippen molar-refractivity contribution >= 4 is 68.6 Å². The number of aromatic nitrogens is 1. The first-order valence-corrected chi connectivity index (χ1v) is 14.2. The van der Waals surface area contributed by atoms with Crippen molar-refractivity contribution in [1.29, 1.82) is 0 Å². The van der Waals surface area contributed by atoms with Crippen molar-refractivity contribution in [3.8, 4) is 11.5 Å². The molecule has 0 unspecified atom stereocenters. The number of allylic oxidation sites excluding steroid dienone is 1. The van der Waals surface area contributed by atoms with E-state index in [1.807, 2.05) is 50.2 Å². The number of halogens is 2. The molecule has 10 heteroatoms. The molecule has 2 heterocycles. The van der Waals surface area contributed by atoms with Gasteiger partial charge in [-0.05, 0) is 114 Å². The second-order valence-electron chi connectivity index (χ2n) is 8.37. The number of thiazole rings is 1. The van der Waals surface area contributed by atoms with E-state index in [1.54, 1.807) is 24.5 Å². The van der Waals surface area contributed by atoms with Crippen LogP contribution in [0.15, 0.2) is 57.5 Å². The van der Waals surface area contributed by atoms with Crippen LogP contribution in [0, 0.1) is 7.14 Å². The van der Waals surface area contributed by atoms with E-state index >= 15 is 0 Å². The van der Waals surface area contributed by atoms with E-state index in [1.165, 1.54) is 11.3 Å². The van der Waals surface area contributed by atoms with Crippen LogP contribution >= 0.6 is 56.5 Å². The van der Waals surface area contributed by atoms with Crippen LogP contribution in [0.1, 0.15) is 44.9 Å². The van der Waals surface area contributed by atoms with Crippen LogP contribution < -0.4 is 19.6 Å². The number of hydrogen-bond donors (Lipinski definition) is 1. The highest BCUT2D eigenvalue weighted by molar-refractivity contribution is 14.1. The maximum Gasteiger partial charge on any atom is 0.338 e. The van der Waals surface area contributed by atoms with Gasteiger partial charge in [0, 0.05) is 0 Å². The molecular weight excluding hydrogens is 706 g/mol. The van der Waals surface area contributed by atoms with Crippen molar-refractivity contribution in [2.24, 2.45) is 4.99 Å². The van der Waals surface area contributed by atoms with Crippen molar-refractivity contribution < 1.29 is 19.4 Å². The van der Waals surface area contributed by atoms with Crippen LogP contribution in [-0.2, 0) is 9.53 Å². The molecule has 0 saturated heterocycles. The first kappa shape index (κ1) is 26.9. The zero-order chi connectivity index (χ0) is 26.1. The number of carbonyl (C=O) groups is 1. The van der Waals surface area contributed by atoms with Gasteiger partial charge >= 0.3 is 5.97 Å². The number of phenolic OH excluding ortho intramolecular Hbond substituents is 1. The summed E-state index contributed by atoms with van der Waals surface area (Å²) in [7, 11) is 0. The number of benzene rings is 2. The highest BCUT2D eigenvalue weighted by Gasteiger charge is 2.33. The van der Waals surface area contributed by atoms with Crippen LogP contribution in [0.2, 0.25) is 0 Å². The van der Waals surface area contributed by atoms with E-state index in [4.69, 9.17) is 9.47 Å². The zero-order valence-corrected chi connectivity index (χ0v) is 25.2.